The van der Waals surface area contributed by atoms with E-state index < -0.39 is 0 Å². The molecule has 5 nitrogen and oxygen atoms in total. The summed E-state index contributed by atoms with van der Waals surface area (Å²) in [7, 11) is 3.49. The summed E-state index contributed by atoms with van der Waals surface area (Å²) in [6.45, 7) is 4.44. The molecule has 0 unspecified atom stereocenters. The largest absolute Gasteiger partial charge is 0.383 e. The molecule has 1 saturated heterocycles. The fourth-order valence-corrected chi connectivity index (χ4v) is 2.99. The van der Waals surface area contributed by atoms with Gasteiger partial charge in [-0.3, -0.25) is 4.99 Å². The highest BCUT2D eigenvalue weighted by molar-refractivity contribution is 9.10. The number of hydrogen-bond donors (Lipinski definition) is 2. The molecule has 7 heteroatoms. The van der Waals surface area contributed by atoms with E-state index in [1.54, 1.807) is 20.2 Å². The summed E-state index contributed by atoms with van der Waals surface area (Å²) in [5, 5.41) is 6.70. The van der Waals surface area contributed by atoms with E-state index >= 15 is 0 Å². The topological polar surface area (TPSA) is 48.9 Å². The van der Waals surface area contributed by atoms with Crippen LogP contribution >= 0.6 is 15.9 Å². The molecule has 0 bridgehead atoms. The van der Waals surface area contributed by atoms with E-state index in [1.165, 1.54) is 6.07 Å². The van der Waals surface area contributed by atoms with Gasteiger partial charge in [0, 0.05) is 46.4 Å². The number of ether oxygens (including phenoxy) is 1. The molecule has 0 aliphatic carbocycles. The molecule has 0 atom stereocenters. The van der Waals surface area contributed by atoms with E-state index in [0.717, 1.165) is 50.6 Å². The number of halogens is 2. The van der Waals surface area contributed by atoms with E-state index in [4.69, 9.17) is 4.74 Å². The maximum absolute atomic E-state index is 13.5. The van der Waals surface area contributed by atoms with Crippen LogP contribution in [0.2, 0.25) is 0 Å². The van der Waals surface area contributed by atoms with E-state index in [-0.39, 0.29) is 5.82 Å². The minimum absolute atomic E-state index is 0.249. The molecule has 0 amide bonds. The van der Waals surface area contributed by atoms with Crippen molar-refractivity contribution in [1.29, 1.82) is 0 Å². The Hall–Kier alpha value is -1.18. The third-order valence-corrected chi connectivity index (χ3v) is 4.85. The predicted octanol–water partition coefficient (Wildman–Crippen LogP) is 2.36. The SMILES string of the molecule is CN=C(NCc1ccc(Br)c(F)c1)NC1CCN(CCOC)CC1. The van der Waals surface area contributed by atoms with Crippen LogP contribution in [0.25, 0.3) is 0 Å². The second-order valence-corrected chi connectivity index (χ2v) is 6.78. The molecule has 1 heterocycles. The van der Waals surface area contributed by atoms with Crippen molar-refractivity contribution < 1.29 is 9.13 Å². The number of nitrogens with zero attached hydrogens (tertiary/aromatic N) is 2. The molecule has 0 radical (unpaired) electrons. The number of guanidine groups is 1. The summed E-state index contributed by atoms with van der Waals surface area (Å²) >= 11 is 3.17. The minimum Gasteiger partial charge on any atom is -0.383 e. The maximum Gasteiger partial charge on any atom is 0.191 e. The van der Waals surface area contributed by atoms with E-state index in [9.17, 15) is 4.39 Å². The van der Waals surface area contributed by atoms with Crippen molar-refractivity contribution in [3.05, 3.63) is 34.1 Å². The summed E-state index contributed by atoms with van der Waals surface area (Å²) in [5.41, 5.74) is 0.882. The highest BCUT2D eigenvalue weighted by Crippen LogP contribution is 2.16. The van der Waals surface area contributed by atoms with Crippen molar-refractivity contribution in [2.75, 3.05) is 40.4 Å². The average Bonchev–Trinajstić information content (AvgIpc) is 2.60. The zero-order valence-corrected chi connectivity index (χ0v) is 15.9. The lowest BCUT2D eigenvalue weighted by Gasteiger charge is -2.32. The molecule has 1 aliphatic heterocycles. The lowest BCUT2D eigenvalue weighted by atomic mass is 10.1. The monoisotopic (exact) mass is 400 g/mol. The molecule has 2 rings (SSSR count). The van der Waals surface area contributed by atoms with Gasteiger partial charge in [0.1, 0.15) is 5.82 Å². The van der Waals surface area contributed by atoms with Gasteiger partial charge in [0.15, 0.2) is 5.96 Å². The summed E-state index contributed by atoms with van der Waals surface area (Å²) in [4.78, 5) is 6.68. The standard InChI is InChI=1S/C17H26BrFN4O/c1-20-17(21-12-13-3-4-15(18)16(19)11-13)22-14-5-7-23(8-6-14)9-10-24-2/h3-4,11,14H,5-10,12H2,1-2H3,(H2,20,21,22). The Kier molecular flexibility index (Phi) is 7.94. The predicted molar refractivity (Wildman–Crippen MR) is 98.8 cm³/mol. The van der Waals surface area contributed by atoms with Crippen LogP contribution in [0, 0.1) is 5.82 Å². The van der Waals surface area contributed by atoms with Gasteiger partial charge in [-0.1, -0.05) is 6.07 Å². The first-order valence-electron chi connectivity index (χ1n) is 8.24. The molecule has 1 fully saturated rings. The van der Waals surface area contributed by atoms with Crippen molar-refractivity contribution >= 4 is 21.9 Å². The first-order valence-corrected chi connectivity index (χ1v) is 9.04. The smallest absolute Gasteiger partial charge is 0.191 e. The molecule has 1 aromatic rings. The number of hydrogen-bond acceptors (Lipinski definition) is 3. The highest BCUT2D eigenvalue weighted by atomic mass is 79.9. The van der Waals surface area contributed by atoms with Crippen molar-refractivity contribution in [3.63, 3.8) is 0 Å². The molecular weight excluding hydrogens is 375 g/mol. The van der Waals surface area contributed by atoms with E-state index in [1.807, 2.05) is 6.07 Å². The number of piperidine rings is 1. The van der Waals surface area contributed by atoms with Gasteiger partial charge in [0.25, 0.3) is 0 Å². The van der Waals surface area contributed by atoms with Gasteiger partial charge in [0.05, 0.1) is 11.1 Å². The minimum atomic E-state index is -0.249. The normalized spacial score (nSPS) is 17.1. The molecule has 134 valence electrons. The Morgan fingerprint density at radius 3 is 2.79 bits per heavy atom. The molecule has 0 aromatic heterocycles. The number of benzene rings is 1. The number of nitrogens with one attached hydrogen (secondary N) is 2. The Balaban J connectivity index is 1.75. The van der Waals surface area contributed by atoms with Crippen LogP contribution in [0.15, 0.2) is 27.7 Å². The third-order valence-electron chi connectivity index (χ3n) is 4.21. The third kappa shape index (κ3) is 6.03. The van der Waals surface area contributed by atoms with Crippen LogP contribution < -0.4 is 10.6 Å². The van der Waals surface area contributed by atoms with Gasteiger partial charge in [-0.15, -0.1) is 0 Å². The Morgan fingerprint density at radius 2 is 2.17 bits per heavy atom. The first-order chi connectivity index (χ1) is 11.6. The van der Waals surface area contributed by atoms with Crippen LogP contribution in [0.3, 0.4) is 0 Å². The highest BCUT2D eigenvalue weighted by Gasteiger charge is 2.19. The fourth-order valence-electron chi connectivity index (χ4n) is 2.74. The molecule has 1 aromatic carbocycles. The van der Waals surface area contributed by atoms with Crippen molar-refractivity contribution in [3.8, 4) is 0 Å². The lowest BCUT2D eigenvalue weighted by molar-refractivity contribution is 0.128. The molecule has 1 aliphatic rings. The maximum atomic E-state index is 13.5. The van der Waals surface area contributed by atoms with Crippen LogP contribution in [0.5, 0.6) is 0 Å². The Bertz CT molecular complexity index is 547. The molecule has 2 N–H and O–H groups in total. The lowest BCUT2D eigenvalue weighted by Crippen LogP contribution is -2.48. The Labute approximate surface area is 151 Å². The fraction of sp³-hybridized carbons (Fsp3) is 0.588. The first kappa shape index (κ1) is 19.1. The summed E-state index contributed by atoms with van der Waals surface area (Å²) in [6.07, 6.45) is 2.16. The van der Waals surface area contributed by atoms with E-state index in [2.05, 4.69) is 36.5 Å². The number of aliphatic imine (C=N–C) groups is 1. The second-order valence-electron chi connectivity index (χ2n) is 5.93. The Morgan fingerprint density at radius 1 is 1.42 bits per heavy atom. The molecule has 24 heavy (non-hydrogen) atoms. The number of likely N-dealkylation sites (tertiary alicyclic amines) is 1. The molecule has 0 saturated carbocycles. The zero-order chi connectivity index (χ0) is 17.4. The van der Waals surface area contributed by atoms with Crippen LogP contribution in [-0.2, 0) is 11.3 Å². The van der Waals surface area contributed by atoms with Crippen molar-refractivity contribution in [2.24, 2.45) is 4.99 Å². The van der Waals surface area contributed by atoms with Crippen molar-refractivity contribution in [2.45, 2.75) is 25.4 Å². The number of rotatable bonds is 6. The summed E-state index contributed by atoms with van der Waals surface area (Å²) in [5.74, 6) is 0.509. The molecular formula is C17H26BrFN4O. The van der Waals surface area contributed by atoms with Crippen LogP contribution in [-0.4, -0.2) is 57.3 Å². The van der Waals surface area contributed by atoms with Gasteiger partial charge in [-0.2, -0.15) is 0 Å². The average molecular weight is 401 g/mol. The second kappa shape index (κ2) is 9.96. The van der Waals surface area contributed by atoms with Gasteiger partial charge >= 0.3 is 0 Å². The zero-order valence-electron chi connectivity index (χ0n) is 14.3. The quantitative estimate of drug-likeness (QED) is 0.568. The number of methoxy groups -OCH3 is 1. The van der Waals surface area contributed by atoms with Gasteiger partial charge < -0.3 is 20.3 Å². The van der Waals surface area contributed by atoms with Gasteiger partial charge in [0.2, 0.25) is 0 Å². The van der Waals surface area contributed by atoms with Crippen LogP contribution in [0.4, 0.5) is 4.39 Å². The van der Waals surface area contributed by atoms with Crippen LogP contribution in [0.1, 0.15) is 18.4 Å². The summed E-state index contributed by atoms with van der Waals surface area (Å²) < 4.78 is 19.2. The van der Waals surface area contributed by atoms with Crippen molar-refractivity contribution in [1.82, 2.24) is 15.5 Å². The van der Waals surface area contributed by atoms with E-state index in [0.29, 0.717) is 17.1 Å². The van der Waals surface area contributed by atoms with Gasteiger partial charge in [-0.05, 0) is 46.5 Å². The van der Waals surface area contributed by atoms with Gasteiger partial charge in [-0.25, -0.2) is 4.39 Å². The summed E-state index contributed by atoms with van der Waals surface area (Å²) in [6, 6.07) is 5.55. The molecule has 0 spiro atoms.